The second-order valence-electron chi connectivity index (χ2n) is 2.05. The molecular formula is C9H10FNa. The van der Waals surface area contributed by atoms with Crippen molar-refractivity contribution in [1.82, 2.24) is 0 Å². The van der Waals surface area contributed by atoms with Crippen molar-refractivity contribution < 1.29 is 4.39 Å². The molecule has 0 amide bonds. The van der Waals surface area contributed by atoms with E-state index in [1.54, 1.807) is 12.1 Å². The Morgan fingerprint density at radius 1 is 1.27 bits per heavy atom. The van der Waals surface area contributed by atoms with Crippen LogP contribution in [0.2, 0.25) is 0 Å². The second kappa shape index (κ2) is 5.53. The molecule has 1 atom stereocenters. The Balaban J connectivity index is 0.000001000. The first-order valence-corrected chi connectivity index (χ1v) is 3.16. The molecule has 0 aliphatic carbocycles. The van der Waals surface area contributed by atoms with Gasteiger partial charge in [0.25, 0.3) is 0 Å². The summed E-state index contributed by atoms with van der Waals surface area (Å²) in [4.78, 5) is 0. The van der Waals surface area contributed by atoms with E-state index in [-0.39, 0.29) is 29.6 Å². The fourth-order valence-corrected chi connectivity index (χ4v) is 0.773. The maximum absolute atomic E-state index is 12.7. The summed E-state index contributed by atoms with van der Waals surface area (Å²) in [5.74, 6) is 0. The summed E-state index contributed by atoms with van der Waals surface area (Å²) in [6.45, 7) is 3.36. The summed E-state index contributed by atoms with van der Waals surface area (Å²) < 4.78 is 12.7. The van der Waals surface area contributed by atoms with Crippen LogP contribution in [-0.4, -0.2) is 29.6 Å². The number of allylic oxidation sites excluding steroid dienone is 1. The molecule has 0 aliphatic heterocycles. The van der Waals surface area contributed by atoms with Crippen LogP contribution in [0.5, 0.6) is 0 Å². The van der Waals surface area contributed by atoms with Crippen molar-refractivity contribution in [3.63, 3.8) is 0 Å². The topological polar surface area (TPSA) is 0 Å². The first-order chi connectivity index (χ1) is 4.84. The molecule has 0 saturated carbocycles. The Morgan fingerprint density at radius 2 is 1.82 bits per heavy atom. The van der Waals surface area contributed by atoms with Gasteiger partial charge in [-0.15, -0.1) is 0 Å². The molecule has 0 saturated heterocycles. The predicted octanol–water partition coefficient (Wildman–Crippen LogP) is 2.23. The number of benzene rings is 1. The molecule has 54 valence electrons. The third-order valence-electron chi connectivity index (χ3n) is 1.32. The van der Waals surface area contributed by atoms with Crippen LogP contribution in [0, 0.1) is 0 Å². The molecule has 1 unspecified atom stereocenters. The van der Waals surface area contributed by atoms with Gasteiger partial charge in [0, 0.05) is 0 Å². The molecule has 1 rings (SSSR count). The van der Waals surface area contributed by atoms with Crippen LogP contribution in [0.3, 0.4) is 0 Å². The molecule has 0 nitrogen and oxygen atoms in total. The summed E-state index contributed by atoms with van der Waals surface area (Å²) in [5, 5.41) is 0. The summed E-state index contributed by atoms with van der Waals surface area (Å²) in [7, 11) is 0. The minimum atomic E-state index is -1.03. The first kappa shape index (κ1) is 10.9. The van der Waals surface area contributed by atoms with Crippen LogP contribution in [0.15, 0.2) is 43.0 Å². The van der Waals surface area contributed by atoms with Crippen LogP contribution >= 0.6 is 0 Å². The molecule has 0 spiro atoms. The standard InChI is InChI=1S/C9H9F.Na.H/c1-2-9(10)8-6-4-3-5-7-8;;/h2-7,9H,1H2;;. The number of rotatable bonds is 2. The monoisotopic (exact) mass is 160 g/mol. The molecule has 0 heterocycles. The maximum atomic E-state index is 12.7. The molecule has 0 aromatic heterocycles. The normalized spacial score (nSPS) is 11.4. The van der Waals surface area contributed by atoms with Gasteiger partial charge in [-0.1, -0.05) is 43.0 Å². The molecule has 11 heavy (non-hydrogen) atoms. The van der Waals surface area contributed by atoms with Gasteiger partial charge in [-0.3, -0.25) is 0 Å². The molecule has 0 bridgehead atoms. The fourth-order valence-electron chi connectivity index (χ4n) is 0.773. The van der Waals surface area contributed by atoms with Crippen LogP contribution in [-0.2, 0) is 0 Å². The molecule has 0 fully saturated rings. The third kappa shape index (κ3) is 3.19. The van der Waals surface area contributed by atoms with Gasteiger partial charge in [0.1, 0.15) is 6.17 Å². The number of alkyl halides is 1. The molecule has 0 radical (unpaired) electrons. The predicted molar refractivity (Wildman–Crippen MR) is 47.6 cm³/mol. The molecule has 1 aromatic carbocycles. The Labute approximate surface area is 88.4 Å². The quantitative estimate of drug-likeness (QED) is 0.459. The van der Waals surface area contributed by atoms with Gasteiger partial charge in [0.05, 0.1) is 0 Å². The zero-order valence-electron chi connectivity index (χ0n) is 5.63. The van der Waals surface area contributed by atoms with Gasteiger partial charge in [0.15, 0.2) is 0 Å². The van der Waals surface area contributed by atoms with Crippen molar-refractivity contribution in [3.8, 4) is 0 Å². The van der Waals surface area contributed by atoms with Gasteiger partial charge in [-0.25, -0.2) is 4.39 Å². The van der Waals surface area contributed by atoms with E-state index >= 15 is 0 Å². The molecule has 2 heteroatoms. The van der Waals surface area contributed by atoms with E-state index in [0.717, 1.165) is 0 Å². The zero-order valence-corrected chi connectivity index (χ0v) is 5.63. The molecule has 0 N–H and O–H groups in total. The Hall–Kier alpha value is -0.110. The Kier molecular flexibility index (Phi) is 5.47. The van der Waals surface area contributed by atoms with E-state index in [4.69, 9.17) is 0 Å². The van der Waals surface area contributed by atoms with Gasteiger partial charge >= 0.3 is 29.6 Å². The second-order valence-corrected chi connectivity index (χ2v) is 2.05. The van der Waals surface area contributed by atoms with E-state index in [0.29, 0.717) is 5.56 Å². The fraction of sp³-hybridized carbons (Fsp3) is 0.111. The summed E-state index contributed by atoms with van der Waals surface area (Å²) in [6, 6.07) is 8.97. The Bertz CT molecular complexity index is 208. The Morgan fingerprint density at radius 3 is 2.27 bits per heavy atom. The van der Waals surface area contributed by atoms with Crippen molar-refractivity contribution in [2.24, 2.45) is 0 Å². The first-order valence-electron chi connectivity index (χ1n) is 3.16. The van der Waals surface area contributed by atoms with Crippen LogP contribution < -0.4 is 0 Å². The number of hydrogen-bond acceptors (Lipinski definition) is 0. The molecule has 0 aliphatic rings. The van der Waals surface area contributed by atoms with E-state index in [1.165, 1.54) is 6.08 Å². The minimum absolute atomic E-state index is 0. The third-order valence-corrected chi connectivity index (χ3v) is 1.32. The SMILES string of the molecule is C=CC(F)c1ccccc1.[NaH]. The zero-order chi connectivity index (χ0) is 7.40. The summed E-state index contributed by atoms with van der Waals surface area (Å²) in [5.41, 5.74) is 0.664. The van der Waals surface area contributed by atoms with Gasteiger partial charge < -0.3 is 0 Å². The molecule has 1 aromatic rings. The van der Waals surface area contributed by atoms with E-state index < -0.39 is 6.17 Å². The van der Waals surface area contributed by atoms with Crippen molar-refractivity contribution in [2.75, 3.05) is 0 Å². The van der Waals surface area contributed by atoms with Crippen molar-refractivity contribution in [1.29, 1.82) is 0 Å². The molecular weight excluding hydrogens is 150 g/mol. The van der Waals surface area contributed by atoms with Gasteiger partial charge in [-0.2, -0.15) is 0 Å². The van der Waals surface area contributed by atoms with Crippen molar-refractivity contribution in [3.05, 3.63) is 48.6 Å². The van der Waals surface area contributed by atoms with E-state index in [2.05, 4.69) is 6.58 Å². The van der Waals surface area contributed by atoms with Crippen molar-refractivity contribution in [2.45, 2.75) is 6.17 Å². The van der Waals surface area contributed by atoms with Gasteiger partial charge in [0.2, 0.25) is 0 Å². The van der Waals surface area contributed by atoms with E-state index in [1.807, 2.05) is 18.2 Å². The van der Waals surface area contributed by atoms with Gasteiger partial charge in [-0.05, 0) is 5.56 Å². The summed E-state index contributed by atoms with van der Waals surface area (Å²) >= 11 is 0. The van der Waals surface area contributed by atoms with E-state index in [9.17, 15) is 4.39 Å². The summed E-state index contributed by atoms with van der Waals surface area (Å²) in [6.07, 6.45) is 0.260. The number of halogens is 1. The average molecular weight is 160 g/mol. The van der Waals surface area contributed by atoms with Crippen LogP contribution in [0.4, 0.5) is 4.39 Å². The van der Waals surface area contributed by atoms with Crippen LogP contribution in [0.1, 0.15) is 11.7 Å². The number of hydrogen-bond donors (Lipinski definition) is 0. The van der Waals surface area contributed by atoms with Crippen LogP contribution in [0.25, 0.3) is 0 Å². The van der Waals surface area contributed by atoms with Crippen molar-refractivity contribution >= 4 is 29.6 Å². The average Bonchev–Trinajstić information content (AvgIpc) is 2.05.